The molecule has 18 heavy (non-hydrogen) atoms. The van der Waals surface area contributed by atoms with Crippen molar-refractivity contribution in [3.63, 3.8) is 0 Å². The van der Waals surface area contributed by atoms with Crippen LogP contribution >= 0.6 is 22.6 Å². The Balaban J connectivity index is 2.36. The molecule has 0 aliphatic carbocycles. The molecule has 96 valence electrons. The molecule has 1 aromatic carbocycles. The van der Waals surface area contributed by atoms with Crippen LogP contribution in [0, 0.1) is 10.5 Å². The summed E-state index contributed by atoms with van der Waals surface area (Å²) in [5.41, 5.74) is 8.74. The first kappa shape index (κ1) is 13.2. The fourth-order valence-electron chi connectivity index (χ4n) is 1.79. The molecule has 0 aliphatic rings. The van der Waals surface area contributed by atoms with Crippen molar-refractivity contribution in [2.24, 2.45) is 0 Å². The minimum Gasteiger partial charge on any atom is -0.394 e. The van der Waals surface area contributed by atoms with Crippen molar-refractivity contribution in [1.29, 1.82) is 0 Å². The van der Waals surface area contributed by atoms with Crippen LogP contribution in [0.1, 0.15) is 19.0 Å². The third-order valence-corrected chi connectivity index (χ3v) is 3.68. The Hall–Kier alpha value is -1.24. The summed E-state index contributed by atoms with van der Waals surface area (Å²) in [4.78, 5) is 0. The van der Waals surface area contributed by atoms with Gasteiger partial charge in [0, 0.05) is 10.1 Å². The quantitative estimate of drug-likeness (QED) is 0.824. The van der Waals surface area contributed by atoms with Crippen LogP contribution in [-0.2, 0) is 6.54 Å². The van der Waals surface area contributed by atoms with Crippen LogP contribution in [0.3, 0.4) is 0 Å². The van der Waals surface area contributed by atoms with Crippen LogP contribution in [0.5, 0.6) is 0 Å². The van der Waals surface area contributed by atoms with Gasteiger partial charge in [0.1, 0.15) is 0 Å². The number of nitrogens with zero attached hydrogens (tertiary/aromatic N) is 2. The van der Waals surface area contributed by atoms with E-state index < -0.39 is 0 Å². The zero-order chi connectivity index (χ0) is 13.1. The van der Waals surface area contributed by atoms with Crippen LogP contribution in [0.4, 0.5) is 17.2 Å². The van der Waals surface area contributed by atoms with Crippen molar-refractivity contribution in [1.82, 2.24) is 9.78 Å². The van der Waals surface area contributed by atoms with Gasteiger partial charge >= 0.3 is 0 Å². The van der Waals surface area contributed by atoms with Crippen LogP contribution in [0.2, 0.25) is 0 Å². The van der Waals surface area contributed by atoms with Crippen LogP contribution in [0.15, 0.2) is 24.3 Å². The molecular weight excluding hydrogens is 339 g/mol. The van der Waals surface area contributed by atoms with Crippen molar-refractivity contribution in [3.05, 3.63) is 33.5 Å². The first-order valence-corrected chi connectivity index (χ1v) is 7.05. The lowest BCUT2D eigenvalue weighted by Crippen LogP contribution is -2.06. The smallest absolute Gasteiger partial charge is 0.152 e. The summed E-state index contributed by atoms with van der Waals surface area (Å²) < 4.78 is 3.10. The summed E-state index contributed by atoms with van der Waals surface area (Å²) in [7, 11) is 0. The summed E-state index contributed by atoms with van der Waals surface area (Å²) in [5.74, 6) is 0.887. The van der Waals surface area contributed by atoms with Gasteiger partial charge in [0.05, 0.1) is 17.1 Å². The van der Waals surface area contributed by atoms with E-state index in [9.17, 15) is 0 Å². The van der Waals surface area contributed by atoms with Gasteiger partial charge in [-0.05, 0) is 48.1 Å². The molecule has 0 saturated heterocycles. The van der Waals surface area contributed by atoms with Gasteiger partial charge in [-0.1, -0.05) is 19.1 Å². The summed E-state index contributed by atoms with van der Waals surface area (Å²) in [6.07, 6.45) is 1.03. The molecule has 2 rings (SSSR count). The minimum atomic E-state index is 0.725. The number of halogens is 1. The van der Waals surface area contributed by atoms with E-state index in [2.05, 4.69) is 46.0 Å². The summed E-state index contributed by atoms with van der Waals surface area (Å²) >= 11 is 2.31. The lowest BCUT2D eigenvalue weighted by molar-refractivity contribution is 0.605. The highest BCUT2D eigenvalue weighted by atomic mass is 127. The number of hydrogen-bond acceptors (Lipinski definition) is 3. The molecule has 4 nitrogen and oxygen atoms in total. The summed E-state index contributed by atoms with van der Waals surface area (Å²) in [5, 5.41) is 7.84. The lowest BCUT2D eigenvalue weighted by Gasteiger charge is -2.11. The second-order valence-electron chi connectivity index (χ2n) is 4.18. The second kappa shape index (κ2) is 5.60. The number of nitrogen functional groups attached to an aromatic ring is 1. The van der Waals surface area contributed by atoms with Crippen LogP contribution in [0.25, 0.3) is 0 Å². The first-order valence-electron chi connectivity index (χ1n) is 5.98. The molecular formula is C13H17IN4. The zero-order valence-electron chi connectivity index (χ0n) is 10.6. The molecule has 0 fully saturated rings. The van der Waals surface area contributed by atoms with Crippen molar-refractivity contribution >= 4 is 39.8 Å². The maximum atomic E-state index is 6.08. The van der Waals surface area contributed by atoms with Crippen molar-refractivity contribution in [2.75, 3.05) is 11.1 Å². The highest BCUT2D eigenvalue weighted by Crippen LogP contribution is 2.28. The van der Waals surface area contributed by atoms with E-state index in [0.29, 0.717) is 0 Å². The maximum Gasteiger partial charge on any atom is 0.152 e. The Bertz CT molecular complexity index is 548. The third-order valence-electron chi connectivity index (χ3n) is 2.74. The molecule has 3 N–H and O–H groups in total. The molecule has 0 aliphatic heterocycles. The average Bonchev–Trinajstić information content (AvgIpc) is 2.60. The Morgan fingerprint density at radius 3 is 2.78 bits per heavy atom. The van der Waals surface area contributed by atoms with Gasteiger partial charge < -0.3 is 11.1 Å². The monoisotopic (exact) mass is 356 g/mol. The van der Waals surface area contributed by atoms with E-state index in [1.165, 1.54) is 0 Å². The molecule has 0 unspecified atom stereocenters. The molecule has 0 atom stereocenters. The standard InChI is InChI=1S/C13H17IN4/c1-3-8-18-13(12(15)9(2)17-18)16-11-7-5-4-6-10(11)14/h4-7,16H,3,8,15H2,1-2H3. The SMILES string of the molecule is CCCn1nc(C)c(N)c1Nc1ccccc1I. The minimum absolute atomic E-state index is 0.725. The van der Waals surface area contributed by atoms with E-state index in [1.54, 1.807) is 0 Å². The molecule has 0 bridgehead atoms. The van der Waals surface area contributed by atoms with Crippen LogP contribution in [-0.4, -0.2) is 9.78 Å². The second-order valence-corrected chi connectivity index (χ2v) is 5.34. The third kappa shape index (κ3) is 2.60. The molecule has 1 aromatic heterocycles. The maximum absolute atomic E-state index is 6.08. The Kier molecular flexibility index (Phi) is 4.11. The molecule has 0 radical (unpaired) electrons. The number of para-hydroxylation sites is 1. The Labute approximate surface area is 121 Å². The topological polar surface area (TPSA) is 55.9 Å². The number of nitrogens with one attached hydrogen (secondary N) is 1. The lowest BCUT2D eigenvalue weighted by atomic mass is 10.3. The number of aromatic nitrogens is 2. The highest BCUT2D eigenvalue weighted by Gasteiger charge is 2.12. The first-order chi connectivity index (χ1) is 8.63. The summed E-state index contributed by atoms with van der Waals surface area (Å²) in [6, 6.07) is 8.13. The largest absolute Gasteiger partial charge is 0.394 e. The number of aryl methyl sites for hydroxylation is 2. The number of rotatable bonds is 4. The van der Waals surface area contributed by atoms with Gasteiger partial charge in [0.15, 0.2) is 5.82 Å². The molecule has 0 amide bonds. The van der Waals surface area contributed by atoms with E-state index in [-0.39, 0.29) is 0 Å². The molecule has 1 heterocycles. The van der Waals surface area contributed by atoms with Gasteiger partial charge in [-0.15, -0.1) is 0 Å². The van der Waals surface area contributed by atoms with Gasteiger partial charge in [0.25, 0.3) is 0 Å². The predicted molar refractivity (Wildman–Crippen MR) is 84.1 cm³/mol. The number of anilines is 3. The van der Waals surface area contributed by atoms with Gasteiger partial charge in [-0.25, -0.2) is 4.68 Å². The number of hydrogen-bond donors (Lipinski definition) is 2. The Morgan fingerprint density at radius 2 is 2.11 bits per heavy atom. The van der Waals surface area contributed by atoms with E-state index >= 15 is 0 Å². The number of nitrogens with two attached hydrogens (primary N) is 1. The van der Waals surface area contributed by atoms with Gasteiger partial charge in [0.2, 0.25) is 0 Å². The van der Waals surface area contributed by atoms with Crippen molar-refractivity contribution in [2.45, 2.75) is 26.8 Å². The van der Waals surface area contributed by atoms with Crippen molar-refractivity contribution < 1.29 is 0 Å². The fraction of sp³-hybridized carbons (Fsp3) is 0.308. The Morgan fingerprint density at radius 1 is 1.39 bits per heavy atom. The van der Waals surface area contributed by atoms with Gasteiger partial charge in [-0.3, -0.25) is 0 Å². The number of benzene rings is 1. The van der Waals surface area contributed by atoms with Gasteiger partial charge in [-0.2, -0.15) is 5.10 Å². The van der Waals surface area contributed by atoms with Crippen molar-refractivity contribution in [3.8, 4) is 0 Å². The average molecular weight is 356 g/mol. The molecule has 0 spiro atoms. The van der Waals surface area contributed by atoms with E-state index in [0.717, 1.165) is 39.4 Å². The fourth-order valence-corrected chi connectivity index (χ4v) is 2.31. The zero-order valence-corrected chi connectivity index (χ0v) is 12.7. The highest BCUT2D eigenvalue weighted by molar-refractivity contribution is 14.1. The predicted octanol–water partition coefficient (Wildman–Crippen LogP) is 3.53. The molecule has 2 aromatic rings. The van der Waals surface area contributed by atoms with E-state index in [1.807, 2.05) is 29.8 Å². The summed E-state index contributed by atoms with van der Waals surface area (Å²) in [6.45, 7) is 4.93. The normalized spacial score (nSPS) is 10.6. The van der Waals surface area contributed by atoms with E-state index in [4.69, 9.17) is 5.73 Å². The molecule has 5 heteroatoms. The molecule has 0 saturated carbocycles. The van der Waals surface area contributed by atoms with Crippen LogP contribution < -0.4 is 11.1 Å².